The highest BCUT2D eigenvalue weighted by Gasteiger charge is 2.22. The third-order valence-corrected chi connectivity index (χ3v) is 6.52. The number of thiophene rings is 1. The molecule has 0 aliphatic heterocycles. The highest BCUT2D eigenvalue weighted by atomic mass is 32.1. The Kier molecular flexibility index (Phi) is 6.65. The predicted molar refractivity (Wildman–Crippen MR) is 125 cm³/mol. The maximum absolute atomic E-state index is 12.7. The summed E-state index contributed by atoms with van der Waals surface area (Å²) in [4.78, 5) is 13.9. The summed E-state index contributed by atoms with van der Waals surface area (Å²) in [6.45, 7) is 0.466. The Morgan fingerprint density at radius 3 is 2.53 bits per heavy atom. The number of nitrogens with one attached hydrogen (secondary N) is 1. The third kappa shape index (κ3) is 4.88. The number of amides is 1. The van der Waals surface area contributed by atoms with Crippen LogP contribution >= 0.6 is 11.3 Å². The Morgan fingerprint density at radius 2 is 1.81 bits per heavy atom. The molecule has 0 saturated carbocycles. The molecule has 4 rings (SSSR count). The fourth-order valence-corrected chi connectivity index (χ4v) is 4.89. The number of benzene rings is 2. The molecule has 1 aromatic heterocycles. The highest BCUT2D eigenvalue weighted by Crippen LogP contribution is 2.37. The van der Waals surface area contributed by atoms with E-state index in [2.05, 4.69) is 11.4 Å². The maximum Gasteiger partial charge on any atom is 0.266 e. The number of fused-ring (bicyclic) bond motifs is 1. The molecule has 32 heavy (non-hydrogen) atoms. The summed E-state index contributed by atoms with van der Waals surface area (Å²) in [6, 6.07) is 21.3. The van der Waals surface area contributed by atoms with Crippen LogP contribution in [-0.2, 0) is 24.2 Å². The molecule has 158 valence electrons. The van der Waals surface area contributed by atoms with Crippen molar-refractivity contribution in [2.45, 2.75) is 32.3 Å². The second kappa shape index (κ2) is 9.96. The first-order valence-electron chi connectivity index (χ1n) is 10.4. The second-order valence-electron chi connectivity index (χ2n) is 7.49. The number of nitrogens with zero attached hydrogens (tertiary/aromatic N) is 2. The number of rotatable bonds is 6. The van der Waals surface area contributed by atoms with Crippen molar-refractivity contribution in [2.75, 3.05) is 5.32 Å². The van der Waals surface area contributed by atoms with Crippen molar-refractivity contribution in [3.8, 4) is 17.9 Å². The molecule has 1 aliphatic rings. The highest BCUT2D eigenvalue weighted by molar-refractivity contribution is 7.16. The van der Waals surface area contributed by atoms with Crippen LogP contribution in [0, 0.1) is 22.7 Å². The van der Waals surface area contributed by atoms with Gasteiger partial charge in [-0.15, -0.1) is 11.3 Å². The topological polar surface area (TPSA) is 85.9 Å². The first kappa shape index (κ1) is 21.4. The normalized spacial score (nSPS) is 12.9. The van der Waals surface area contributed by atoms with Crippen LogP contribution in [0.3, 0.4) is 0 Å². The lowest BCUT2D eigenvalue weighted by Crippen LogP contribution is -2.13. The summed E-state index contributed by atoms with van der Waals surface area (Å²) in [6.07, 6.45) is 5.49. The molecule has 6 heteroatoms. The van der Waals surface area contributed by atoms with E-state index in [0.717, 1.165) is 47.3 Å². The number of carbonyl (C=O) groups is 1. The van der Waals surface area contributed by atoms with E-state index in [1.54, 1.807) is 12.1 Å². The third-order valence-electron chi connectivity index (χ3n) is 5.31. The van der Waals surface area contributed by atoms with Gasteiger partial charge < -0.3 is 10.1 Å². The van der Waals surface area contributed by atoms with Crippen molar-refractivity contribution >= 4 is 28.3 Å². The lowest BCUT2D eigenvalue weighted by molar-refractivity contribution is -0.112. The first-order chi connectivity index (χ1) is 15.7. The van der Waals surface area contributed by atoms with Crippen molar-refractivity contribution in [1.82, 2.24) is 0 Å². The average Bonchev–Trinajstić information content (AvgIpc) is 3.19. The van der Waals surface area contributed by atoms with E-state index < -0.39 is 5.91 Å². The molecule has 3 aromatic rings. The summed E-state index contributed by atoms with van der Waals surface area (Å²) >= 11 is 1.45. The number of hydrogen-bond acceptors (Lipinski definition) is 5. The van der Waals surface area contributed by atoms with Gasteiger partial charge in [-0.1, -0.05) is 42.5 Å². The molecule has 1 aliphatic carbocycles. The van der Waals surface area contributed by atoms with Crippen LogP contribution < -0.4 is 10.1 Å². The Balaban J connectivity index is 1.45. The maximum atomic E-state index is 12.7. The molecule has 0 atom stereocenters. The van der Waals surface area contributed by atoms with E-state index in [1.807, 2.05) is 48.5 Å². The van der Waals surface area contributed by atoms with E-state index in [-0.39, 0.29) is 5.57 Å². The molecule has 0 radical (unpaired) electrons. The Labute approximate surface area is 191 Å². The molecule has 0 fully saturated rings. The number of hydrogen-bond donors (Lipinski definition) is 1. The van der Waals surface area contributed by atoms with Gasteiger partial charge in [-0.2, -0.15) is 10.5 Å². The summed E-state index contributed by atoms with van der Waals surface area (Å²) in [7, 11) is 0. The molecule has 0 bridgehead atoms. The number of nitriles is 2. The number of ether oxygens (including phenoxy) is 1. The minimum absolute atomic E-state index is 0.0155. The molecule has 1 amide bonds. The molecule has 1 N–H and O–H groups in total. The zero-order chi connectivity index (χ0) is 22.3. The van der Waals surface area contributed by atoms with Gasteiger partial charge in [0.05, 0.1) is 5.56 Å². The molecular weight excluding hydrogens is 418 g/mol. The Morgan fingerprint density at radius 1 is 1.06 bits per heavy atom. The lowest BCUT2D eigenvalue weighted by Gasteiger charge is -2.09. The van der Waals surface area contributed by atoms with Crippen molar-refractivity contribution in [3.05, 3.63) is 87.3 Å². The van der Waals surface area contributed by atoms with Gasteiger partial charge in [0, 0.05) is 4.88 Å². The molecule has 5 nitrogen and oxygen atoms in total. The van der Waals surface area contributed by atoms with E-state index in [4.69, 9.17) is 4.74 Å². The standard InChI is InChI=1S/C26H21N3O2S/c27-15-20(25(30)29-26-23(16-28)22-8-4-5-9-24(22)32-26)14-18-10-12-21(13-11-18)31-17-19-6-2-1-3-7-19/h1-3,6-7,10-14H,4-5,8-9,17H2,(H,29,30). The molecule has 2 aromatic carbocycles. The van der Waals surface area contributed by atoms with Crippen LogP contribution in [0.15, 0.2) is 60.2 Å². The van der Waals surface area contributed by atoms with E-state index in [1.165, 1.54) is 17.4 Å². The average molecular weight is 440 g/mol. The molecular formula is C26H21N3O2S. The summed E-state index contributed by atoms with van der Waals surface area (Å²) in [5.41, 5.74) is 3.36. The largest absolute Gasteiger partial charge is 0.489 e. The smallest absolute Gasteiger partial charge is 0.266 e. The SMILES string of the molecule is N#CC(=Cc1ccc(OCc2ccccc2)cc1)C(=O)Nc1sc2c(c1C#N)CCCC2. The molecule has 0 unspecified atom stereocenters. The molecule has 1 heterocycles. The predicted octanol–water partition coefficient (Wildman–Crippen LogP) is 5.62. The lowest BCUT2D eigenvalue weighted by atomic mass is 9.96. The molecule has 0 spiro atoms. The Hall–Kier alpha value is -3.87. The monoisotopic (exact) mass is 439 g/mol. The fraction of sp³-hybridized carbons (Fsp3) is 0.192. The zero-order valence-corrected chi connectivity index (χ0v) is 18.2. The number of carbonyl (C=O) groups excluding carboxylic acids is 1. The minimum Gasteiger partial charge on any atom is -0.489 e. The van der Waals surface area contributed by atoms with Crippen LogP contribution in [0.4, 0.5) is 5.00 Å². The molecule has 0 saturated heterocycles. The first-order valence-corrected chi connectivity index (χ1v) is 11.2. The van der Waals surface area contributed by atoms with Crippen LogP contribution in [-0.4, -0.2) is 5.91 Å². The quantitative estimate of drug-likeness (QED) is 0.399. The van der Waals surface area contributed by atoms with Crippen molar-refractivity contribution in [1.29, 1.82) is 10.5 Å². The fourth-order valence-electron chi connectivity index (χ4n) is 3.66. The zero-order valence-electron chi connectivity index (χ0n) is 17.4. The van der Waals surface area contributed by atoms with Crippen molar-refractivity contribution < 1.29 is 9.53 Å². The van der Waals surface area contributed by atoms with Gasteiger partial charge in [0.2, 0.25) is 0 Å². The van der Waals surface area contributed by atoms with Crippen molar-refractivity contribution in [2.24, 2.45) is 0 Å². The number of anilines is 1. The van der Waals surface area contributed by atoms with Gasteiger partial charge in [-0.3, -0.25) is 4.79 Å². The van der Waals surface area contributed by atoms with Crippen LogP contribution in [0.25, 0.3) is 6.08 Å². The second-order valence-corrected chi connectivity index (χ2v) is 8.60. The number of aryl methyl sites for hydroxylation is 1. The minimum atomic E-state index is -0.507. The summed E-state index contributed by atoms with van der Waals surface area (Å²) in [5, 5.41) is 22.4. The van der Waals surface area contributed by atoms with E-state index in [9.17, 15) is 15.3 Å². The van der Waals surface area contributed by atoms with Crippen LogP contribution in [0.2, 0.25) is 0 Å². The van der Waals surface area contributed by atoms with Gasteiger partial charge in [0.25, 0.3) is 5.91 Å². The summed E-state index contributed by atoms with van der Waals surface area (Å²) in [5.74, 6) is 0.198. The summed E-state index contributed by atoms with van der Waals surface area (Å²) < 4.78 is 5.78. The van der Waals surface area contributed by atoms with Crippen LogP contribution in [0.1, 0.15) is 40.0 Å². The van der Waals surface area contributed by atoms with Gasteiger partial charge in [-0.05, 0) is 60.6 Å². The van der Waals surface area contributed by atoms with Crippen LogP contribution in [0.5, 0.6) is 5.75 Å². The van der Waals surface area contributed by atoms with Crippen molar-refractivity contribution in [3.63, 3.8) is 0 Å². The van der Waals surface area contributed by atoms with Gasteiger partial charge >= 0.3 is 0 Å². The van der Waals surface area contributed by atoms with Gasteiger partial charge in [0.15, 0.2) is 0 Å². The Bertz CT molecular complexity index is 1230. The van der Waals surface area contributed by atoms with E-state index in [0.29, 0.717) is 22.9 Å². The van der Waals surface area contributed by atoms with E-state index >= 15 is 0 Å². The van der Waals surface area contributed by atoms with Gasteiger partial charge in [0.1, 0.15) is 35.1 Å². The van der Waals surface area contributed by atoms with Gasteiger partial charge in [-0.25, -0.2) is 0 Å².